The van der Waals surface area contributed by atoms with Gasteiger partial charge in [-0.3, -0.25) is 0 Å². The molecule has 2 nitrogen and oxygen atoms in total. The molecule has 0 unspecified atom stereocenters. The molecule has 0 radical (unpaired) electrons. The minimum Gasteiger partial charge on any atom is -0.240 e. The Morgan fingerprint density at radius 3 is 2.73 bits per heavy atom. The summed E-state index contributed by atoms with van der Waals surface area (Å²) in [4.78, 5) is 4.70. The van der Waals surface area contributed by atoms with Crippen molar-refractivity contribution < 1.29 is 4.39 Å². The number of hydrogen-bond donors (Lipinski definition) is 0. The predicted octanol–water partition coefficient (Wildman–Crippen LogP) is 3.13. The highest BCUT2D eigenvalue weighted by atomic mass is 32.1. The minimum atomic E-state index is -0.310. The largest absolute Gasteiger partial charge is 0.240 e. The van der Waals surface area contributed by atoms with Crippen LogP contribution in [0, 0.1) is 24.1 Å². The number of hydrogen-bond acceptors (Lipinski definition) is 3. The first-order chi connectivity index (χ1) is 7.22. The van der Waals surface area contributed by atoms with Gasteiger partial charge < -0.3 is 0 Å². The number of thiazole rings is 1. The molecular formula is C11H7FN2S. The van der Waals surface area contributed by atoms with Crippen molar-refractivity contribution in [1.82, 2.24) is 4.98 Å². The summed E-state index contributed by atoms with van der Waals surface area (Å²) in [5, 5.41) is 9.33. The second-order valence-electron chi connectivity index (χ2n) is 3.03. The lowest BCUT2D eigenvalue weighted by atomic mass is 10.2. The van der Waals surface area contributed by atoms with E-state index in [1.807, 2.05) is 6.07 Å². The Morgan fingerprint density at radius 2 is 2.13 bits per heavy atom. The molecule has 1 aromatic heterocycles. The number of nitriles is 1. The van der Waals surface area contributed by atoms with Crippen molar-refractivity contribution in [3.05, 3.63) is 40.7 Å². The molecule has 4 heteroatoms. The second-order valence-corrected chi connectivity index (χ2v) is 4.02. The predicted molar refractivity (Wildman–Crippen MR) is 57.0 cm³/mol. The van der Waals surface area contributed by atoms with Crippen LogP contribution in [0.3, 0.4) is 0 Å². The summed E-state index contributed by atoms with van der Waals surface area (Å²) in [7, 11) is 0. The smallest absolute Gasteiger partial charge is 0.133 e. The van der Waals surface area contributed by atoms with Crippen LogP contribution in [0.25, 0.3) is 10.6 Å². The molecule has 0 fully saturated rings. The number of nitrogens with zero attached hydrogens (tertiary/aromatic N) is 2. The first-order valence-corrected chi connectivity index (χ1v) is 5.16. The van der Waals surface area contributed by atoms with Crippen LogP contribution in [0.5, 0.6) is 0 Å². The maximum atomic E-state index is 13.4. The Morgan fingerprint density at radius 1 is 1.40 bits per heavy atom. The molecule has 0 bridgehead atoms. The van der Waals surface area contributed by atoms with Crippen molar-refractivity contribution >= 4 is 11.3 Å². The molecule has 2 aromatic rings. The standard InChI is InChI=1S/C11H7FN2S/c1-7-10(6-13)15-11(14-7)8-4-2-3-5-9(8)12/h2-5H,1H3. The lowest BCUT2D eigenvalue weighted by molar-refractivity contribution is 0.631. The van der Waals surface area contributed by atoms with Crippen molar-refractivity contribution in [2.24, 2.45) is 0 Å². The van der Waals surface area contributed by atoms with Gasteiger partial charge in [0.25, 0.3) is 0 Å². The van der Waals surface area contributed by atoms with Crippen molar-refractivity contribution in [2.45, 2.75) is 6.92 Å². The Labute approximate surface area is 90.6 Å². The molecular weight excluding hydrogens is 211 g/mol. The Balaban J connectivity index is 2.56. The topological polar surface area (TPSA) is 36.7 Å². The van der Waals surface area contributed by atoms with Crippen LogP contribution in [0.4, 0.5) is 4.39 Å². The van der Waals surface area contributed by atoms with Crippen LogP contribution >= 0.6 is 11.3 Å². The monoisotopic (exact) mass is 218 g/mol. The fraction of sp³-hybridized carbons (Fsp3) is 0.0909. The lowest BCUT2D eigenvalue weighted by Gasteiger charge is -1.96. The summed E-state index contributed by atoms with van der Waals surface area (Å²) in [5.41, 5.74) is 1.10. The normalized spacial score (nSPS) is 9.93. The van der Waals surface area contributed by atoms with Crippen LogP contribution in [0.2, 0.25) is 0 Å². The van der Waals surface area contributed by atoms with Gasteiger partial charge in [-0.15, -0.1) is 11.3 Å². The third kappa shape index (κ3) is 1.74. The highest BCUT2D eigenvalue weighted by molar-refractivity contribution is 7.15. The van der Waals surface area contributed by atoms with Gasteiger partial charge in [-0.1, -0.05) is 12.1 Å². The number of benzene rings is 1. The summed E-state index contributed by atoms with van der Waals surface area (Å²) in [6.45, 7) is 1.75. The van der Waals surface area contributed by atoms with Crippen LogP contribution in [-0.2, 0) is 0 Å². The highest BCUT2D eigenvalue weighted by Crippen LogP contribution is 2.28. The summed E-state index contributed by atoms with van der Waals surface area (Å²) in [6, 6.07) is 8.47. The van der Waals surface area contributed by atoms with Gasteiger partial charge in [0, 0.05) is 5.56 Å². The molecule has 1 aromatic carbocycles. The van der Waals surface area contributed by atoms with E-state index in [1.165, 1.54) is 17.4 Å². The van der Waals surface area contributed by atoms with Crippen LogP contribution < -0.4 is 0 Å². The molecule has 0 N–H and O–H groups in total. The third-order valence-corrected chi connectivity index (χ3v) is 3.10. The Bertz CT molecular complexity index is 540. The van der Waals surface area contributed by atoms with E-state index < -0.39 is 0 Å². The molecule has 0 aliphatic rings. The average molecular weight is 218 g/mol. The van der Waals surface area contributed by atoms with E-state index in [4.69, 9.17) is 5.26 Å². The van der Waals surface area contributed by atoms with Crippen molar-refractivity contribution in [1.29, 1.82) is 5.26 Å². The maximum Gasteiger partial charge on any atom is 0.133 e. The first kappa shape index (κ1) is 9.81. The second kappa shape index (κ2) is 3.79. The molecule has 2 rings (SSSR count). The minimum absolute atomic E-state index is 0.310. The number of rotatable bonds is 1. The zero-order valence-corrected chi connectivity index (χ0v) is 8.81. The zero-order valence-electron chi connectivity index (χ0n) is 7.99. The van der Waals surface area contributed by atoms with E-state index in [2.05, 4.69) is 4.98 Å². The van der Waals surface area contributed by atoms with E-state index in [0.717, 1.165) is 0 Å². The fourth-order valence-corrected chi connectivity index (χ4v) is 2.14. The van der Waals surface area contributed by atoms with E-state index in [-0.39, 0.29) is 5.82 Å². The summed E-state index contributed by atoms with van der Waals surface area (Å²) < 4.78 is 13.4. The Hall–Kier alpha value is -1.73. The number of halogens is 1. The molecule has 0 aliphatic carbocycles. The summed E-state index contributed by atoms with van der Waals surface area (Å²) in [5.74, 6) is -0.310. The summed E-state index contributed by atoms with van der Waals surface area (Å²) in [6.07, 6.45) is 0. The average Bonchev–Trinajstić information content (AvgIpc) is 2.60. The van der Waals surface area contributed by atoms with Crippen molar-refractivity contribution in [3.63, 3.8) is 0 Å². The van der Waals surface area contributed by atoms with Crippen molar-refractivity contribution in [3.8, 4) is 16.6 Å². The highest BCUT2D eigenvalue weighted by Gasteiger charge is 2.11. The lowest BCUT2D eigenvalue weighted by Crippen LogP contribution is -1.82. The summed E-state index contributed by atoms with van der Waals surface area (Å²) >= 11 is 1.21. The zero-order chi connectivity index (χ0) is 10.8. The van der Waals surface area contributed by atoms with Gasteiger partial charge in [0.2, 0.25) is 0 Å². The van der Waals surface area contributed by atoms with Gasteiger partial charge in [-0.2, -0.15) is 5.26 Å². The molecule has 1 heterocycles. The van der Waals surface area contributed by atoms with Gasteiger partial charge in [0.05, 0.1) is 5.69 Å². The maximum absolute atomic E-state index is 13.4. The number of aryl methyl sites for hydroxylation is 1. The van der Waals surface area contributed by atoms with E-state index >= 15 is 0 Å². The fourth-order valence-electron chi connectivity index (χ4n) is 1.25. The van der Waals surface area contributed by atoms with Gasteiger partial charge in [-0.25, -0.2) is 9.37 Å². The Kier molecular flexibility index (Phi) is 2.48. The van der Waals surface area contributed by atoms with Gasteiger partial charge in [0.15, 0.2) is 0 Å². The van der Waals surface area contributed by atoms with Gasteiger partial charge in [-0.05, 0) is 19.1 Å². The first-order valence-electron chi connectivity index (χ1n) is 4.35. The molecule has 0 spiro atoms. The van der Waals surface area contributed by atoms with Gasteiger partial charge >= 0.3 is 0 Å². The van der Waals surface area contributed by atoms with Crippen LogP contribution in [0.15, 0.2) is 24.3 Å². The van der Waals surface area contributed by atoms with Crippen molar-refractivity contribution in [2.75, 3.05) is 0 Å². The molecule has 0 aliphatic heterocycles. The molecule has 0 saturated heterocycles. The molecule has 0 amide bonds. The SMILES string of the molecule is Cc1nc(-c2ccccc2F)sc1C#N. The van der Waals surface area contributed by atoms with E-state index in [9.17, 15) is 4.39 Å². The number of aromatic nitrogens is 1. The van der Waals surface area contributed by atoms with Crippen LogP contribution in [-0.4, -0.2) is 4.98 Å². The quantitative estimate of drug-likeness (QED) is 0.737. The molecule has 15 heavy (non-hydrogen) atoms. The van der Waals surface area contributed by atoms with Gasteiger partial charge in [0.1, 0.15) is 21.8 Å². The third-order valence-electron chi connectivity index (χ3n) is 2.00. The van der Waals surface area contributed by atoms with E-state index in [0.29, 0.717) is 21.1 Å². The molecule has 0 saturated carbocycles. The van der Waals surface area contributed by atoms with E-state index in [1.54, 1.807) is 25.1 Å². The molecule has 0 atom stereocenters. The molecule has 74 valence electrons. The van der Waals surface area contributed by atoms with Crippen LogP contribution in [0.1, 0.15) is 10.6 Å².